The van der Waals surface area contributed by atoms with Gasteiger partial charge in [-0.25, -0.2) is 9.59 Å². The summed E-state index contributed by atoms with van der Waals surface area (Å²) < 4.78 is 0. The molecule has 8 N–H and O–H groups in total. The van der Waals surface area contributed by atoms with Gasteiger partial charge in [-0.1, -0.05) is 67.5 Å². The second-order valence-electron chi connectivity index (χ2n) is 15.1. The second-order valence-corrected chi connectivity index (χ2v) is 15.1. The van der Waals surface area contributed by atoms with E-state index in [-0.39, 0.29) is 80.5 Å². The maximum absolute atomic E-state index is 13.8. The third-order valence-electron chi connectivity index (χ3n) is 9.96. The number of rotatable bonds is 11. The van der Waals surface area contributed by atoms with E-state index < -0.39 is 70.7 Å². The van der Waals surface area contributed by atoms with Gasteiger partial charge in [-0.3, -0.25) is 9.79 Å². The monoisotopic (exact) mass is 741 g/mol. The Morgan fingerprint density at radius 3 is 1.85 bits per heavy atom. The van der Waals surface area contributed by atoms with E-state index in [9.17, 15) is 50.1 Å². The van der Waals surface area contributed by atoms with E-state index in [4.69, 9.17) is 0 Å². The molecule has 0 bridgehead atoms. The van der Waals surface area contributed by atoms with Gasteiger partial charge in [0.15, 0.2) is 17.3 Å². The fourth-order valence-corrected chi connectivity index (χ4v) is 7.38. The van der Waals surface area contributed by atoms with Gasteiger partial charge in [0.05, 0.1) is 0 Å². The minimum absolute atomic E-state index is 0. The van der Waals surface area contributed by atoms with E-state index in [0.717, 1.165) is 6.21 Å². The van der Waals surface area contributed by atoms with Crippen molar-refractivity contribution in [1.29, 1.82) is 0 Å². The molecule has 12 nitrogen and oxygen atoms in total. The minimum Gasteiger partial charge on any atom is -0.507 e. The molecule has 4 rings (SSSR count). The number of aromatic hydroxyl groups is 4. The van der Waals surface area contributed by atoms with E-state index in [2.05, 4.69) is 10.3 Å². The van der Waals surface area contributed by atoms with Crippen LogP contribution in [0.1, 0.15) is 101 Å². The van der Waals surface area contributed by atoms with Crippen LogP contribution in [0.25, 0.3) is 27.5 Å². The molecule has 4 atom stereocenters. The molecule has 0 aromatic heterocycles. The normalized spacial score (nSPS) is 17.9. The van der Waals surface area contributed by atoms with E-state index in [1.807, 2.05) is 13.8 Å². The van der Waals surface area contributed by atoms with Crippen LogP contribution in [-0.4, -0.2) is 77.9 Å². The maximum Gasteiger partial charge on any atom is 1.00 e. The molecule has 0 heterocycles. The van der Waals surface area contributed by atoms with Crippen LogP contribution in [0.5, 0.6) is 23.0 Å². The number of nitrogens with one attached hydrogen (secondary N) is 1. The van der Waals surface area contributed by atoms with Crippen LogP contribution >= 0.6 is 0 Å². The largest absolute Gasteiger partial charge is 1.00 e. The summed E-state index contributed by atoms with van der Waals surface area (Å²) in [4.78, 5) is 42.0. The topological polar surface area (TPSA) is 217 Å². The van der Waals surface area contributed by atoms with Crippen molar-refractivity contribution in [3.8, 4) is 34.1 Å². The van der Waals surface area contributed by atoms with E-state index in [0.29, 0.717) is 27.6 Å². The second kappa shape index (κ2) is 16.5. The number of fused-ring (bicyclic) bond motifs is 2. The zero-order valence-electron chi connectivity index (χ0n) is 32.2. The Balaban J connectivity index is 0.00000756. The summed E-state index contributed by atoms with van der Waals surface area (Å²) in [5.74, 6) is -7.03. The molecule has 3 aromatic rings. The quantitative estimate of drug-likeness (QED) is 0.0617. The number of Topliss-reactive ketones (excluding diaryl/α,β-unsaturated/α-hetero) is 1. The summed E-state index contributed by atoms with van der Waals surface area (Å²) in [5, 5.41) is 81.0. The number of aryl methyl sites for hydroxylation is 2. The van der Waals surface area contributed by atoms with E-state index in [1.54, 1.807) is 67.5 Å². The number of aliphatic hydroxyl groups is 1. The first kappa shape index (κ1) is 43.3. The zero-order valence-corrected chi connectivity index (χ0v) is 34.2. The van der Waals surface area contributed by atoms with Crippen LogP contribution in [0.3, 0.4) is 0 Å². The molecular weight excluding hydrogens is 691 g/mol. The van der Waals surface area contributed by atoms with Crippen LogP contribution in [0, 0.1) is 31.6 Å². The molecule has 0 fully saturated rings. The number of phenolic OH excluding ortho intramolecular Hbond substituents is 4. The van der Waals surface area contributed by atoms with Gasteiger partial charge in [-0.15, -0.1) is 0 Å². The Morgan fingerprint density at radius 1 is 0.792 bits per heavy atom. The number of aliphatic carboxylic acids is 2. The number of hydrogen-bond acceptors (Lipinski definition) is 10. The fourth-order valence-electron chi connectivity index (χ4n) is 7.38. The van der Waals surface area contributed by atoms with Gasteiger partial charge < -0.3 is 41.1 Å². The number of phenols is 4. The average Bonchev–Trinajstić information content (AvgIpc) is 3.01. The van der Waals surface area contributed by atoms with Gasteiger partial charge in [0.2, 0.25) is 0 Å². The van der Waals surface area contributed by atoms with Gasteiger partial charge in [0.1, 0.15) is 29.7 Å². The molecule has 0 saturated heterocycles. The minimum atomic E-state index is -1.48. The maximum atomic E-state index is 13.8. The van der Waals surface area contributed by atoms with Crippen LogP contribution in [0.4, 0.5) is 0 Å². The van der Waals surface area contributed by atoms with E-state index in [1.165, 1.54) is 6.20 Å². The standard InChI is InChI=1S/C40H50N2O10.Na/c1-15(2)25-21-11-19(9)27(35(45)29(21)23(33(43)37(25)47)13-41-31(17(5)6)39(49)50)28-20(10)12-22-26(16(3)4)38(48)34(44)24(30(22)36(28)46)14-42-32(18(7)8)40(51)52;/h11-18,25,31-32,37,41,44-48H,1-10H3,(H,49,50)(H,51,52);/q;+1/b23-13-,42-14?;/t25-,31?,32?,37?;/m1./s1. The average molecular weight is 742 g/mol. The third-order valence-corrected chi connectivity index (χ3v) is 9.96. The molecule has 13 heteroatoms. The first-order chi connectivity index (χ1) is 24.1. The molecule has 1 aliphatic carbocycles. The fraction of sp³-hybridized carbons (Fsp3) is 0.450. The Labute approximate surface area is 331 Å². The Kier molecular flexibility index (Phi) is 13.5. The number of hydrogen-bond donors (Lipinski definition) is 8. The predicted molar refractivity (Wildman–Crippen MR) is 199 cm³/mol. The molecular formula is C40H50N2NaO10+. The van der Waals surface area contributed by atoms with Gasteiger partial charge in [-0.2, -0.15) is 0 Å². The van der Waals surface area contributed by atoms with Crippen molar-refractivity contribution < 1.29 is 79.7 Å². The summed E-state index contributed by atoms with van der Waals surface area (Å²) in [5.41, 5.74) is 1.82. The number of carboxylic acid groups (broad SMARTS) is 2. The van der Waals surface area contributed by atoms with Gasteiger partial charge in [-0.05, 0) is 59.6 Å². The van der Waals surface area contributed by atoms with Crippen molar-refractivity contribution in [2.75, 3.05) is 0 Å². The summed E-state index contributed by atoms with van der Waals surface area (Å²) in [7, 11) is 0. The summed E-state index contributed by atoms with van der Waals surface area (Å²) in [6.07, 6.45) is 0.853. The van der Waals surface area contributed by atoms with Crippen LogP contribution in [-0.2, 0) is 14.4 Å². The number of nitrogens with zero attached hydrogens (tertiary/aromatic N) is 1. The third kappa shape index (κ3) is 7.78. The molecule has 0 amide bonds. The van der Waals surface area contributed by atoms with Crippen LogP contribution < -0.4 is 34.9 Å². The summed E-state index contributed by atoms with van der Waals surface area (Å²) in [6, 6.07) is 1.14. The molecule has 0 saturated carbocycles. The first-order valence-corrected chi connectivity index (χ1v) is 17.4. The molecule has 280 valence electrons. The number of ketones is 1. The molecule has 0 spiro atoms. The van der Waals surface area contributed by atoms with Crippen molar-refractivity contribution in [3.05, 3.63) is 51.7 Å². The van der Waals surface area contributed by atoms with Crippen molar-refractivity contribution in [1.82, 2.24) is 5.32 Å². The number of aliphatic imine (C=N–C) groups is 1. The van der Waals surface area contributed by atoms with Gasteiger partial charge in [0.25, 0.3) is 0 Å². The molecule has 3 aromatic carbocycles. The van der Waals surface area contributed by atoms with Gasteiger partial charge >= 0.3 is 41.5 Å². The Bertz CT molecular complexity index is 2010. The summed E-state index contributed by atoms with van der Waals surface area (Å²) in [6.45, 7) is 17.4. The molecule has 1 aliphatic rings. The first-order valence-electron chi connectivity index (χ1n) is 17.4. The van der Waals surface area contributed by atoms with Crippen molar-refractivity contribution in [3.63, 3.8) is 0 Å². The number of carbonyl (C=O) groups excluding carboxylic acids is 1. The van der Waals surface area contributed by atoms with Crippen LogP contribution in [0.15, 0.2) is 23.3 Å². The van der Waals surface area contributed by atoms with Crippen molar-refractivity contribution >= 4 is 40.3 Å². The van der Waals surface area contributed by atoms with E-state index >= 15 is 0 Å². The number of carbonyl (C=O) groups is 3. The zero-order chi connectivity index (χ0) is 39.3. The van der Waals surface area contributed by atoms with Crippen molar-refractivity contribution in [2.24, 2.45) is 22.7 Å². The van der Waals surface area contributed by atoms with Crippen molar-refractivity contribution in [2.45, 2.75) is 99.3 Å². The smallest absolute Gasteiger partial charge is 0.507 e. The number of benzene rings is 3. The number of carboxylic acids is 2. The Morgan fingerprint density at radius 2 is 1.36 bits per heavy atom. The number of aliphatic hydroxyl groups excluding tert-OH is 1. The molecule has 53 heavy (non-hydrogen) atoms. The van der Waals surface area contributed by atoms with Crippen LogP contribution in [0.2, 0.25) is 0 Å². The molecule has 0 radical (unpaired) electrons. The van der Waals surface area contributed by atoms with Gasteiger partial charge in [0, 0.05) is 57.1 Å². The summed E-state index contributed by atoms with van der Waals surface area (Å²) >= 11 is 0. The molecule has 0 aliphatic heterocycles. The predicted octanol–water partition coefficient (Wildman–Crippen LogP) is 3.32. The SMILES string of the molecule is Cc1cc2c(c(O)c1-c1c(C)cc3c(C(C)C)c(O)c(O)c(C=NC(C(=O)O)C(C)C)c3c1O)/C(=C/NC(C(=O)O)C(C)C)C(=O)C(O)[C@@H]2C(C)C.[Na+]. The Hall–Kier alpha value is -4.10. The molecule has 3 unspecified atom stereocenters.